The van der Waals surface area contributed by atoms with Gasteiger partial charge in [-0.25, -0.2) is 0 Å². The largest absolute Gasteiger partial charge is 0.416 e. The topological polar surface area (TPSA) is 77.8 Å². The first-order chi connectivity index (χ1) is 13.3. The molecule has 1 amide bonds. The molecule has 2 aromatic carbocycles. The molecule has 0 unspecified atom stereocenters. The molecular formula is C20H13F3N4O. The molecule has 5 nitrogen and oxygen atoms in total. The Morgan fingerprint density at radius 3 is 2.36 bits per heavy atom. The van der Waals surface area contributed by atoms with E-state index in [-0.39, 0.29) is 11.4 Å². The van der Waals surface area contributed by atoms with Crippen molar-refractivity contribution < 1.29 is 18.0 Å². The molecule has 0 bridgehead atoms. The molecule has 8 heteroatoms. The highest BCUT2D eigenvalue weighted by Gasteiger charge is 2.30. The van der Waals surface area contributed by atoms with Crippen molar-refractivity contribution in [3.63, 3.8) is 0 Å². The Balaban J connectivity index is 1.72. The van der Waals surface area contributed by atoms with Gasteiger partial charge in [0.25, 0.3) is 5.91 Å². The highest BCUT2D eigenvalue weighted by Crippen LogP contribution is 2.30. The van der Waals surface area contributed by atoms with Crippen LogP contribution in [0.5, 0.6) is 0 Å². The smallest absolute Gasteiger partial charge is 0.355 e. The number of rotatable bonds is 4. The number of carbonyl (C=O) groups is 1. The first-order valence-electron chi connectivity index (χ1n) is 8.07. The Hall–Kier alpha value is -3.86. The second-order valence-corrected chi connectivity index (χ2v) is 5.78. The number of nitrogens with one attached hydrogen (secondary N) is 2. The molecule has 0 saturated carbocycles. The molecule has 2 N–H and O–H groups in total. The maximum absolute atomic E-state index is 12.6. The number of amides is 1. The van der Waals surface area contributed by atoms with Gasteiger partial charge >= 0.3 is 6.18 Å². The average molecular weight is 382 g/mol. The lowest BCUT2D eigenvalue weighted by molar-refractivity contribution is -0.137. The van der Waals surface area contributed by atoms with E-state index in [4.69, 9.17) is 5.26 Å². The van der Waals surface area contributed by atoms with E-state index < -0.39 is 17.6 Å². The minimum Gasteiger partial charge on any atom is -0.355 e. The molecule has 140 valence electrons. The van der Waals surface area contributed by atoms with Crippen molar-refractivity contribution >= 4 is 23.0 Å². The maximum atomic E-state index is 12.6. The van der Waals surface area contributed by atoms with E-state index in [1.807, 2.05) is 6.07 Å². The number of anilines is 3. The first kappa shape index (κ1) is 18.9. The highest BCUT2D eigenvalue weighted by atomic mass is 19.4. The molecule has 1 aromatic heterocycles. The molecule has 0 fully saturated rings. The van der Waals surface area contributed by atoms with Crippen LogP contribution in [0.4, 0.5) is 30.2 Å². The zero-order chi connectivity index (χ0) is 20.1. The number of hydrogen-bond acceptors (Lipinski definition) is 4. The zero-order valence-electron chi connectivity index (χ0n) is 14.3. The number of hydrogen-bond donors (Lipinski definition) is 2. The Kier molecular flexibility index (Phi) is 5.27. The molecule has 0 spiro atoms. The molecule has 0 aliphatic heterocycles. The number of benzene rings is 2. The molecule has 0 radical (unpaired) electrons. The van der Waals surface area contributed by atoms with Crippen molar-refractivity contribution in [1.82, 2.24) is 4.98 Å². The zero-order valence-corrected chi connectivity index (χ0v) is 14.3. The fourth-order valence-electron chi connectivity index (χ4n) is 2.40. The number of pyridine rings is 1. The van der Waals surface area contributed by atoms with E-state index in [1.165, 1.54) is 24.4 Å². The molecule has 28 heavy (non-hydrogen) atoms. The number of alkyl halides is 3. The minimum absolute atomic E-state index is 0.0846. The Morgan fingerprint density at radius 2 is 1.68 bits per heavy atom. The van der Waals surface area contributed by atoms with Gasteiger partial charge in [-0.3, -0.25) is 9.78 Å². The SMILES string of the molecule is N#Cc1cccc(Nc2ccnc(C(=O)Nc3ccc(C(F)(F)F)cc3)c2)c1. The normalized spacial score (nSPS) is 10.8. The summed E-state index contributed by atoms with van der Waals surface area (Å²) in [4.78, 5) is 16.3. The predicted octanol–water partition coefficient (Wildman–Crippen LogP) is 4.97. The predicted molar refractivity (Wildman–Crippen MR) is 98.1 cm³/mol. The summed E-state index contributed by atoms with van der Waals surface area (Å²) in [6, 6.07) is 16.1. The minimum atomic E-state index is -4.44. The van der Waals surface area contributed by atoms with Crippen LogP contribution < -0.4 is 10.6 Å². The second-order valence-electron chi connectivity index (χ2n) is 5.78. The van der Waals surface area contributed by atoms with Crippen LogP contribution in [0.2, 0.25) is 0 Å². The summed E-state index contributed by atoms with van der Waals surface area (Å²) in [6.07, 6.45) is -3.01. The number of aromatic nitrogens is 1. The molecule has 3 aromatic rings. The van der Waals surface area contributed by atoms with E-state index in [0.717, 1.165) is 12.1 Å². The van der Waals surface area contributed by atoms with Gasteiger partial charge in [0.2, 0.25) is 0 Å². The number of nitriles is 1. The molecule has 0 saturated heterocycles. The van der Waals surface area contributed by atoms with Gasteiger partial charge in [0, 0.05) is 23.3 Å². The first-order valence-corrected chi connectivity index (χ1v) is 8.07. The van der Waals surface area contributed by atoms with Crippen molar-refractivity contribution in [2.75, 3.05) is 10.6 Å². The van der Waals surface area contributed by atoms with Gasteiger partial charge in [0.05, 0.1) is 17.2 Å². The monoisotopic (exact) mass is 382 g/mol. The van der Waals surface area contributed by atoms with Crippen molar-refractivity contribution in [3.8, 4) is 6.07 Å². The number of nitrogens with zero attached hydrogens (tertiary/aromatic N) is 2. The summed E-state index contributed by atoms with van der Waals surface area (Å²) in [6.45, 7) is 0. The average Bonchev–Trinajstić information content (AvgIpc) is 2.68. The summed E-state index contributed by atoms with van der Waals surface area (Å²) in [5.74, 6) is -0.561. The fourth-order valence-corrected chi connectivity index (χ4v) is 2.40. The lowest BCUT2D eigenvalue weighted by atomic mass is 10.2. The summed E-state index contributed by atoms with van der Waals surface area (Å²) in [7, 11) is 0. The van der Waals surface area contributed by atoms with Gasteiger partial charge in [0.1, 0.15) is 5.69 Å². The van der Waals surface area contributed by atoms with Crippen LogP contribution >= 0.6 is 0 Å². The van der Waals surface area contributed by atoms with Crippen molar-refractivity contribution in [3.05, 3.63) is 83.7 Å². The van der Waals surface area contributed by atoms with Crippen molar-refractivity contribution in [2.45, 2.75) is 6.18 Å². The van der Waals surface area contributed by atoms with E-state index in [9.17, 15) is 18.0 Å². The van der Waals surface area contributed by atoms with Crippen LogP contribution in [0.1, 0.15) is 21.6 Å². The fraction of sp³-hybridized carbons (Fsp3) is 0.0500. The van der Waals surface area contributed by atoms with Gasteiger partial charge in [0.15, 0.2) is 0 Å². The molecule has 0 aliphatic rings. The van der Waals surface area contributed by atoms with Crippen LogP contribution in [0.25, 0.3) is 0 Å². The molecule has 0 aliphatic carbocycles. The van der Waals surface area contributed by atoms with E-state index >= 15 is 0 Å². The van der Waals surface area contributed by atoms with Crippen LogP contribution in [-0.2, 0) is 6.18 Å². The Bertz CT molecular complexity index is 1040. The van der Waals surface area contributed by atoms with Crippen LogP contribution in [0.3, 0.4) is 0 Å². The summed E-state index contributed by atoms with van der Waals surface area (Å²) < 4.78 is 37.8. The highest BCUT2D eigenvalue weighted by molar-refractivity contribution is 6.03. The standard InChI is InChI=1S/C20H13F3N4O/c21-20(22,23)14-4-6-15(7-5-14)27-19(28)18-11-17(8-9-25-18)26-16-3-1-2-13(10-16)12-24/h1-11H,(H,25,26)(H,27,28). The van der Waals surface area contributed by atoms with Crippen molar-refractivity contribution in [2.24, 2.45) is 0 Å². The van der Waals surface area contributed by atoms with Gasteiger partial charge < -0.3 is 10.6 Å². The van der Waals surface area contributed by atoms with Gasteiger partial charge in [-0.2, -0.15) is 18.4 Å². The van der Waals surface area contributed by atoms with Gasteiger partial charge in [-0.15, -0.1) is 0 Å². The second kappa shape index (κ2) is 7.80. The van der Waals surface area contributed by atoms with Crippen LogP contribution in [0.15, 0.2) is 66.9 Å². The van der Waals surface area contributed by atoms with Gasteiger partial charge in [-0.1, -0.05) is 6.07 Å². The Morgan fingerprint density at radius 1 is 0.964 bits per heavy atom. The van der Waals surface area contributed by atoms with E-state index in [2.05, 4.69) is 15.6 Å². The van der Waals surface area contributed by atoms with E-state index in [1.54, 1.807) is 30.3 Å². The Labute approximate surface area is 158 Å². The number of carbonyl (C=O) groups excluding carboxylic acids is 1. The van der Waals surface area contributed by atoms with Crippen LogP contribution in [-0.4, -0.2) is 10.9 Å². The molecule has 1 heterocycles. The van der Waals surface area contributed by atoms with Crippen molar-refractivity contribution in [1.29, 1.82) is 5.26 Å². The number of halogens is 3. The third-order valence-corrected chi connectivity index (χ3v) is 3.74. The van der Waals surface area contributed by atoms with Gasteiger partial charge in [-0.05, 0) is 54.6 Å². The maximum Gasteiger partial charge on any atom is 0.416 e. The molecule has 3 rings (SSSR count). The third-order valence-electron chi connectivity index (χ3n) is 3.74. The summed E-state index contributed by atoms with van der Waals surface area (Å²) >= 11 is 0. The lowest BCUT2D eigenvalue weighted by Crippen LogP contribution is -2.14. The molecular weight excluding hydrogens is 369 g/mol. The lowest BCUT2D eigenvalue weighted by Gasteiger charge is -2.10. The third kappa shape index (κ3) is 4.65. The van der Waals surface area contributed by atoms with Crippen LogP contribution in [0, 0.1) is 11.3 Å². The summed E-state index contributed by atoms with van der Waals surface area (Å²) in [5.41, 5.74) is 1.23. The quantitative estimate of drug-likeness (QED) is 0.668. The van der Waals surface area contributed by atoms with E-state index in [0.29, 0.717) is 16.9 Å². The molecule has 0 atom stereocenters. The summed E-state index contributed by atoms with van der Waals surface area (Å²) in [5, 5.41) is 14.5.